The van der Waals surface area contributed by atoms with Gasteiger partial charge in [-0.25, -0.2) is 4.98 Å². The van der Waals surface area contributed by atoms with Crippen molar-refractivity contribution >= 4 is 27.4 Å². The Kier molecular flexibility index (Phi) is 5.04. The quantitative estimate of drug-likeness (QED) is 0.791. The molecular formula is C10H18N4OS. The summed E-state index contributed by atoms with van der Waals surface area (Å²) in [7, 11) is 0. The normalized spacial score (nSPS) is 10.1. The highest BCUT2D eigenvalue weighted by Crippen LogP contribution is 2.19. The van der Waals surface area contributed by atoms with Crippen molar-refractivity contribution < 1.29 is 4.79 Å². The van der Waals surface area contributed by atoms with E-state index in [1.54, 1.807) is 6.20 Å². The van der Waals surface area contributed by atoms with E-state index in [1.165, 1.54) is 11.3 Å². The number of thiazole rings is 1. The summed E-state index contributed by atoms with van der Waals surface area (Å²) in [4.78, 5) is 17.5. The number of nitrogens with one attached hydrogen (secondary N) is 1. The van der Waals surface area contributed by atoms with Gasteiger partial charge in [0, 0.05) is 26.1 Å². The molecule has 0 saturated heterocycles. The first-order valence-corrected chi connectivity index (χ1v) is 6.22. The summed E-state index contributed by atoms with van der Waals surface area (Å²) in [5.74, 6) is 0.169. The fourth-order valence-electron chi connectivity index (χ4n) is 1.38. The molecule has 0 bridgehead atoms. The van der Waals surface area contributed by atoms with Crippen LogP contribution >= 0.6 is 11.3 Å². The van der Waals surface area contributed by atoms with E-state index in [1.807, 2.05) is 18.7 Å². The van der Waals surface area contributed by atoms with Crippen molar-refractivity contribution in [1.82, 2.24) is 9.88 Å². The zero-order chi connectivity index (χ0) is 12.0. The maximum Gasteiger partial charge on any atom is 0.224 e. The van der Waals surface area contributed by atoms with Crippen LogP contribution in [0.1, 0.15) is 20.3 Å². The zero-order valence-electron chi connectivity index (χ0n) is 9.69. The summed E-state index contributed by atoms with van der Waals surface area (Å²) in [6.45, 7) is 6.09. The number of carbonyl (C=O) groups is 1. The third-order valence-corrected chi connectivity index (χ3v) is 3.04. The van der Waals surface area contributed by atoms with Crippen molar-refractivity contribution in [2.75, 3.05) is 30.7 Å². The van der Waals surface area contributed by atoms with Crippen LogP contribution < -0.4 is 11.1 Å². The highest BCUT2D eigenvalue weighted by molar-refractivity contribution is 7.19. The van der Waals surface area contributed by atoms with Crippen molar-refractivity contribution in [1.29, 1.82) is 0 Å². The number of rotatable bonds is 6. The maximum absolute atomic E-state index is 11.6. The second-order valence-electron chi connectivity index (χ2n) is 3.31. The average Bonchev–Trinajstić information content (AvgIpc) is 2.66. The number of hydrogen-bond acceptors (Lipinski definition) is 5. The first-order valence-electron chi connectivity index (χ1n) is 5.40. The first kappa shape index (κ1) is 12.8. The Morgan fingerprint density at radius 2 is 2.25 bits per heavy atom. The Labute approximate surface area is 99.7 Å². The molecule has 1 amide bonds. The van der Waals surface area contributed by atoms with Crippen molar-refractivity contribution in [2.24, 2.45) is 0 Å². The largest absolute Gasteiger partial charge is 0.389 e. The molecule has 90 valence electrons. The number of nitrogens with two attached hydrogens (primary N) is 1. The van der Waals surface area contributed by atoms with Crippen LogP contribution in [0.4, 0.5) is 10.1 Å². The minimum atomic E-state index is 0.169. The summed E-state index contributed by atoms with van der Waals surface area (Å²) in [5, 5.41) is 4.53. The van der Waals surface area contributed by atoms with Crippen LogP contribution in [0, 0.1) is 0 Å². The second-order valence-corrected chi connectivity index (χ2v) is 4.37. The molecule has 1 heterocycles. The maximum atomic E-state index is 11.6. The van der Waals surface area contributed by atoms with Crippen molar-refractivity contribution in [3.05, 3.63) is 6.20 Å². The van der Waals surface area contributed by atoms with E-state index in [9.17, 15) is 4.79 Å². The van der Waals surface area contributed by atoms with Crippen LogP contribution in [0.5, 0.6) is 0 Å². The predicted octanol–water partition coefficient (Wildman–Crippen LogP) is 1.40. The van der Waals surface area contributed by atoms with Gasteiger partial charge >= 0.3 is 0 Å². The smallest absolute Gasteiger partial charge is 0.224 e. The van der Waals surface area contributed by atoms with E-state index in [0.29, 0.717) is 18.0 Å². The highest BCUT2D eigenvalue weighted by Gasteiger charge is 2.08. The zero-order valence-corrected chi connectivity index (χ0v) is 10.5. The van der Waals surface area contributed by atoms with Crippen LogP contribution in [-0.2, 0) is 4.79 Å². The molecular weight excluding hydrogens is 224 g/mol. The van der Waals surface area contributed by atoms with Gasteiger partial charge in [-0.1, -0.05) is 11.3 Å². The number of nitrogen functional groups attached to an aromatic ring is 1. The number of hydrogen-bond donors (Lipinski definition) is 2. The van der Waals surface area contributed by atoms with Gasteiger partial charge in [-0.15, -0.1) is 0 Å². The molecule has 0 fully saturated rings. The summed E-state index contributed by atoms with van der Waals surface area (Å²) < 4.78 is 0. The fraction of sp³-hybridized carbons (Fsp3) is 0.600. The molecule has 0 aliphatic rings. The van der Waals surface area contributed by atoms with Gasteiger partial charge < -0.3 is 16.0 Å². The molecule has 1 rings (SSSR count). The van der Waals surface area contributed by atoms with E-state index in [2.05, 4.69) is 10.3 Å². The molecule has 5 nitrogen and oxygen atoms in total. The molecule has 0 radical (unpaired) electrons. The molecule has 0 atom stereocenters. The fourth-order valence-corrected chi connectivity index (χ4v) is 1.99. The first-order chi connectivity index (χ1) is 7.67. The third-order valence-electron chi connectivity index (χ3n) is 2.25. The Morgan fingerprint density at radius 3 is 2.75 bits per heavy atom. The van der Waals surface area contributed by atoms with Crippen molar-refractivity contribution in [3.8, 4) is 0 Å². The molecule has 0 aliphatic heterocycles. The van der Waals surface area contributed by atoms with E-state index in [-0.39, 0.29) is 5.91 Å². The molecule has 1 aromatic rings. The molecule has 0 spiro atoms. The van der Waals surface area contributed by atoms with Crippen LogP contribution in [0.3, 0.4) is 0 Å². The number of nitrogens with zero attached hydrogens (tertiary/aromatic N) is 2. The number of aromatic nitrogens is 1. The van der Waals surface area contributed by atoms with E-state index < -0.39 is 0 Å². The second kappa shape index (κ2) is 6.32. The lowest BCUT2D eigenvalue weighted by molar-refractivity contribution is -0.130. The van der Waals surface area contributed by atoms with Gasteiger partial charge in [-0.3, -0.25) is 4.79 Å². The van der Waals surface area contributed by atoms with E-state index in [0.717, 1.165) is 18.2 Å². The monoisotopic (exact) mass is 242 g/mol. The molecule has 0 aliphatic carbocycles. The topological polar surface area (TPSA) is 71.2 Å². The van der Waals surface area contributed by atoms with E-state index in [4.69, 9.17) is 5.73 Å². The minimum absolute atomic E-state index is 0.169. The van der Waals surface area contributed by atoms with Gasteiger partial charge in [-0.2, -0.15) is 0 Å². The van der Waals surface area contributed by atoms with Crippen LogP contribution in [0.15, 0.2) is 6.20 Å². The standard InChI is InChI=1S/C10H18N4OS/c1-3-14(4-2)9(15)5-6-12-10-13-7-8(11)16-10/h7H,3-6,11H2,1-2H3,(H,12,13). The van der Waals surface area contributed by atoms with Crippen molar-refractivity contribution in [2.45, 2.75) is 20.3 Å². The molecule has 0 saturated carbocycles. The lowest BCUT2D eigenvalue weighted by atomic mass is 10.3. The Balaban J connectivity index is 2.27. The molecule has 0 aromatic carbocycles. The van der Waals surface area contributed by atoms with Gasteiger partial charge in [0.15, 0.2) is 5.13 Å². The number of amides is 1. The predicted molar refractivity (Wildman–Crippen MR) is 67.6 cm³/mol. The van der Waals surface area contributed by atoms with Gasteiger partial charge in [0.25, 0.3) is 0 Å². The summed E-state index contributed by atoms with van der Waals surface area (Å²) in [5.41, 5.74) is 5.54. The van der Waals surface area contributed by atoms with Gasteiger partial charge in [0.1, 0.15) is 5.00 Å². The summed E-state index contributed by atoms with van der Waals surface area (Å²) >= 11 is 1.39. The number of anilines is 2. The minimum Gasteiger partial charge on any atom is -0.389 e. The lowest BCUT2D eigenvalue weighted by Gasteiger charge is -2.18. The molecule has 6 heteroatoms. The third kappa shape index (κ3) is 3.69. The van der Waals surface area contributed by atoms with Crippen LogP contribution in [0.2, 0.25) is 0 Å². The molecule has 3 N–H and O–H groups in total. The molecule has 0 unspecified atom stereocenters. The average molecular weight is 242 g/mol. The van der Waals surface area contributed by atoms with Gasteiger partial charge in [0.2, 0.25) is 5.91 Å². The van der Waals surface area contributed by atoms with Crippen LogP contribution in [-0.4, -0.2) is 35.4 Å². The van der Waals surface area contributed by atoms with Crippen molar-refractivity contribution in [3.63, 3.8) is 0 Å². The summed E-state index contributed by atoms with van der Waals surface area (Å²) in [6, 6.07) is 0. The Hall–Kier alpha value is -1.30. The lowest BCUT2D eigenvalue weighted by Crippen LogP contribution is -2.31. The molecule has 1 aromatic heterocycles. The SMILES string of the molecule is CCN(CC)C(=O)CCNc1ncc(N)s1. The number of carbonyl (C=O) groups excluding carboxylic acids is 1. The van der Waals surface area contributed by atoms with Gasteiger partial charge in [-0.05, 0) is 13.8 Å². The summed E-state index contributed by atoms with van der Waals surface area (Å²) in [6.07, 6.45) is 2.10. The Bertz CT molecular complexity index is 335. The van der Waals surface area contributed by atoms with E-state index >= 15 is 0 Å². The molecule has 16 heavy (non-hydrogen) atoms. The Morgan fingerprint density at radius 1 is 1.56 bits per heavy atom. The van der Waals surface area contributed by atoms with Gasteiger partial charge in [0.05, 0.1) is 6.20 Å². The van der Waals surface area contributed by atoms with Crippen LogP contribution in [0.25, 0.3) is 0 Å². The highest BCUT2D eigenvalue weighted by atomic mass is 32.1.